The van der Waals surface area contributed by atoms with Crippen molar-refractivity contribution in [2.45, 2.75) is 12.8 Å². The molecule has 1 N–H and O–H groups in total. The molecule has 7 heteroatoms. The van der Waals surface area contributed by atoms with Gasteiger partial charge in [-0.15, -0.1) is 0 Å². The summed E-state index contributed by atoms with van der Waals surface area (Å²) in [7, 11) is 1.55. The number of rotatable bonds is 5. The zero-order valence-corrected chi connectivity index (χ0v) is 16.8. The molecular formula is C22H21ClN4O2. The van der Waals surface area contributed by atoms with E-state index in [0.29, 0.717) is 22.0 Å². The number of nitrogens with zero attached hydrogens (tertiary/aromatic N) is 3. The van der Waals surface area contributed by atoms with Gasteiger partial charge in [0.05, 0.1) is 12.1 Å². The van der Waals surface area contributed by atoms with Crippen molar-refractivity contribution >= 4 is 29.1 Å². The van der Waals surface area contributed by atoms with Gasteiger partial charge in [0, 0.05) is 42.3 Å². The Morgan fingerprint density at radius 3 is 2.34 bits per heavy atom. The molecule has 1 aliphatic heterocycles. The number of hydrogen-bond acceptors (Lipinski definition) is 5. The van der Waals surface area contributed by atoms with Crippen LogP contribution in [0.15, 0.2) is 54.9 Å². The molecule has 0 radical (unpaired) electrons. The molecule has 0 unspecified atom stereocenters. The van der Waals surface area contributed by atoms with Crippen LogP contribution in [-0.4, -0.2) is 36.1 Å². The quantitative estimate of drug-likeness (QED) is 0.665. The van der Waals surface area contributed by atoms with Gasteiger partial charge in [-0.3, -0.25) is 4.79 Å². The largest absolute Gasteiger partial charge is 0.495 e. The van der Waals surface area contributed by atoms with Crippen molar-refractivity contribution in [3.63, 3.8) is 0 Å². The van der Waals surface area contributed by atoms with Crippen molar-refractivity contribution in [2.24, 2.45) is 0 Å². The number of anilines is 2. The van der Waals surface area contributed by atoms with E-state index in [1.165, 1.54) is 12.8 Å². The molecule has 148 valence electrons. The Morgan fingerprint density at radius 1 is 1.03 bits per heavy atom. The smallest absolute Gasteiger partial charge is 0.255 e. The number of ether oxygens (including phenoxy) is 1. The number of aromatic nitrogens is 2. The molecule has 0 saturated carbocycles. The summed E-state index contributed by atoms with van der Waals surface area (Å²) in [4.78, 5) is 23.7. The average Bonchev–Trinajstić information content (AvgIpc) is 3.29. The number of carbonyl (C=O) groups is 1. The first kappa shape index (κ1) is 19.2. The van der Waals surface area contributed by atoms with Crippen LogP contribution in [0.3, 0.4) is 0 Å². The molecule has 1 aliphatic rings. The number of halogens is 1. The van der Waals surface area contributed by atoms with E-state index < -0.39 is 0 Å². The molecule has 2 heterocycles. The summed E-state index contributed by atoms with van der Waals surface area (Å²) in [6.45, 7) is 2.03. The SMILES string of the molecule is COc1ccc(NC(=O)c2ccc(-c3cnc(N4CCCC4)nc3)cc2)cc1Cl. The lowest BCUT2D eigenvalue weighted by atomic mass is 10.1. The molecule has 1 fully saturated rings. The highest BCUT2D eigenvalue weighted by Crippen LogP contribution is 2.27. The highest BCUT2D eigenvalue weighted by atomic mass is 35.5. The van der Waals surface area contributed by atoms with Gasteiger partial charge < -0.3 is 15.0 Å². The van der Waals surface area contributed by atoms with Crippen molar-refractivity contribution in [1.29, 1.82) is 0 Å². The van der Waals surface area contributed by atoms with Gasteiger partial charge in [0.2, 0.25) is 5.95 Å². The molecule has 1 aromatic heterocycles. The third kappa shape index (κ3) is 4.32. The Morgan fingerprint density at radius 2 is 1.72 bits per heavy atom. The number of amides is 1. The van der Waals surface area contributed by atoms with Gasteiger partial charge in [-0.05, 0) is 48.7 Å². The monoisotopic (exact) mass is 408 g/mol. The normalized spacial score (nSPS) is 13.4. The average molecular weight is 409 g/mol. The minimum absolute atomic E-state index is 0.210. The Labute approximate surface area is 174 Å². The topological polar surface area (TPSA) is 67.3 Å². The lowest BCUT2D eigenvalue weighted by Crippen LogP contribution is -2.20. The van der Waals surface area contributed by atoms with E-state index in [-0.39, 0.29) is 5.91 Å². The van der Waals surface area contributed by atoms with Gasteiger partial charge in [-0.2, -0.15) is 0 Å². The second kappa shape index (κ2) is 8.49. The summed E-state index contributed by atoms with van der Waals surface area (Å²) in [5, 5.41) is 3.28. The Balaban J connectivity index is 1.44. The maximum atomic E-state index is 12.5. The molecule has 29 heavy (non-hydrogen) atoms. The second-order valence-corrected chi connectivity index (χ2v) is 7.25. The van der Waals surface area contributed by atoms with Crippen LogP contribution in [-0.2, 0) is 0 Å². The second-order valence-electron chi connectivity index (χ2n) is 6.85. The van der Waals surface area contributed by atoms with Crippen molar-refractivity contribution in [3.05, 3.63) is 65.4 Å². The van der Waals surface area contributed by atoms with E-state index in [0.717, 1.165) is 30.2 Å². The summed E-state index contributed by atoms with van der Waals surface area (Å²) in [5.41, 5.74) is 3.04. The lowest BCUT2D eigenvalue weighted by Gasteiger charge is -2.14. The molecule has 4 rings (SSSR count). The van der Waals surface area contributed by atoms with Gasteiger partial charge in [0.15, 0.2) is 0 Å². The minimum atomic E-state index is -0.210. The van der Waals surface area contributed by atoms with E-state index in [2.05, 4.69) is 20.2 Å². The van der Waals surface area contributed by atoms with Crippen molar-refractivity contribution in [1.82, 2.24) is 9.97 Å². The first-order chi connectivity index (χ1) is 14.1. The zero-order chi connectivity index (χ0) is 20.2. The molecule has 0 spiro atoms. The molecule has 0 aliphatic carbocycles. The third-order valence-electron chi connectivity index (χ3n) is 4.92. The number of methoxy groups -OCH3 is 1. The maximum absolute atomic E-state index is 12.5. The van der Waals surface area contributed by atoms with E-state index in [1.807, 2.05) is 24.5 Å². The summed E-state index contributed by atoms with van der Waals surface area (Å²) >= 11 is 6.11. The number of hydrogen-bond donors (Lipinski definition) is 1. The fraction of sp³-hybridized carbons (Fsp3) is 0.227. The summed E-state index contributed by atoms with van der Waals surface area (Å²) in [6, 6.07) is 12.5. The van der Waals surface area contributed by atoms with Crippen LogP contribution >= 0.6 is 11.6 Å². The maximum Gasteiger partial charge on any atom is 0.255 e. The Kier molecular flexibility index (Phi) is 5.62. The molecular weight excluding hydrogens is 388 g/mol. The van der Waals surface area contributed by atoms with Crippen LogP contribution in [0.2, 0.25) is 5.02 Å². The summed E-state index contributed by atoms with van der Waals surface area (Å²) < 4.78 is 5.12. The molecule has 3 aromatic rings. The minimum Gasteiger partial charge on any atom is -0.495 e. The molecule has 0 bridgehead atoms. The highest BCUT2D eigenvalue weighted by Gasteiger charge is 2.15. The van der Waals surface area contributed by atoms with Crippen LogP contribution in [0.5, 0.6) is 5.75 Å². The number of benzene rings is 2. The van der Waals surface area contributed by atoms with Gasteiger partial charge in [-0.25, -0.2) is 9.97 Å². The van der Waals surface area contributed by atoms with Crippen LogP contribution in [0.4, 0.5) is 11.6 Å². The van der Waals surface area contributed by atoms with Crippen LogP contribution in [0.25, 0.3) is 11.1 Å². The van der Waals surface area contributed by atoms with E-state index in [9.17, 15) is 4.79 Å². The van der Waals surface area contributed by atoms with Crippen molar-refractivity contribution < 1.29 is 9.53 Å². The number of nitrogens with one attached hydrogen (secondary N) is 1. The van der Waals surface area contributed by atoms with Crippen LogP contribution in [0.1, 0.15) is 23.2 Å². The Hall–Kier alpha value is -3.12. The molecule has 2 aromatic carbocycles. The fourth-order valence-electron chi connectivity index (χ4n) is 3.31. The first-order valence-corrected chi connectivity index (χ1v) is 9.84. The van der Waals surface area contributed by atoms with Crippen molar-refractivity contribution in [3.8, 4) is 16.9 Å². The standard InChI is InChI=1S/C22H21ClN4O2/c1-29-20-9-8-18(12-19(20)23)26-21(28)16-6-4-15(5-7-16)17-13-24-22(25-14-17)27-10-2-3-11-27/h4-9,12-14H,2-3,10-11H2,1H3,(H,26,28). The zero-order valence-electron chi connectivity index (χ0n) is 16.1. The molecule has 1 saturated heterocycles. The Bertz CT molecular complexity index is 1000. The predicted octanol–water partition coefficient (Wildman–Crippen LogP) is 4.66. The summed E-state index contributed by atoms with van der Waals surface area (Å²) in [5.74, 6) is 1.13. The summed E-state index contributed by atoms with van der Waals surface area (Å²) in [6.07, 6.45) is 6.04. The van der Waals surface area contributed by atoms with Gasteiger partial charge in [0.25, 0.3) is 5.91 Å². The van der Waals surface area contributed by atoms with Gasteiger partial charge in [0.1, 0.15) is 5.75 Å². The van der Waals surface area contributed by atoms with E-state index >= 15 is 0 Å². The van der Waals surface area contributed by atoms with Gasteiger partial charge >= 0.3 is 0 Å². The van der Waals surface area contributed by atoms with Crippen LogP contribution < -0.4 is 15.0 Å². The lowest BCUT2D eigenvalue weighted by molar-refractivity contribution is 0.102. The van der Waals surface area contributed by atoms with Crippen LogP contribution in [0, 0.1) is 0 Å². The highest BCUT2D eigenvalue weighted by molar-refractivity contribution is 6.32. The van der Waals surface area contributed by atoms with E-state index in [1.54, 1.807) is 37.4 Å². The number of carbonyl (C=O) groups excluding carboxylic acids is 1. The predicted molar refractivity (Wildman–Crippen MR) is 115 cm³/mol. The third-order valence-corrected chi connectivity index (χ3v) is 5.21. The molecule has 0 atom stereocenters. The van der Waals surface area contributed by atoms with E-state index in [4.69, 9.17) is 16.3 Å². The first-order valence-electron chi connectivity index (χ1n) is 9.46. The fourth-order valence-corrected chi connectivity index (χ4v) is 3.57. The molecule has 6 nitrogen and oxygen atoms in total. The van der Waals surface area contributed by atoms with Gasteiger partial charge in [-0.1, -0.05) is 23.7 Å². The molecule has 1 amide bonds. The van der Waals surface area contributed by atoms with Crippen molar-refractivity contribution in [2.75, 3.05) is 30.4 Å².